The Balaban J connectivity index is 1.32. The van der Waals surface area contributed by atoms with Gasteiger partial charge in [0.15, 0.2) is 11.5 Å². The summed E-state index contributed by atoms with van der Waals surface area (Å²) in [4.78, 5) is 2.24. The molecule has 33 heavy (non-hydrogen) atoms. The number of anilines is 5. The van der Waals surface area contributed by atoms with Crippen molar-refractivity contribution in [3.8, 4) is 22.6 Å². The highest BCUT2D eigenvalue weighted by atomic mass is 16.5. The fourth-order valence-corrected chi connectivity index (χ4v) is 4.23. The second-order valence-corrected chi connectivity index (χ2v) is 7.99. The summed E-state index contributed by atoms with van der Waals surface area (Å²) in [5.74, 6) is 1.67. The highest BCUT2D eigenvalue weighted by Crippen LogP contribution is 2.50. The van der Waals surface area contributed by atoms with Crippen LogP contribution in [-0.4, -0.2) is 0 Å². The van der Waals surface area contributed by atoms with Crippen LogP contribution >= 0.6 is 0 Å². The first kappa shape index (κ1) is 19.2. The number of ether oxygens (including phenoxy) is 1. The standard InChI is InChI=1S/C30H22N2O/c1-3-9-22(10-4-1)23-15-17-24(18-16-23)31-25-19-20-28-30(21-25)33-29-14-8-7-13-27(29)32(28)26-11-5-2-6-12-26/h1-21,31H. The van der Waals surface area contributed by atoms with Gasteiger partial charge in [0, 0.05) is 23.1 Å². The number of para-hydroxylation sites is 3. The van der Waals surface area contributed by atoms with Gasteiger partial charge in [-0.15, -0.1) is 0 Å². The lowest BCUT2D eigenvalue weighted by Gasteiger charge is -2.33. The molecule has 5 aromatic rings. The van der Waals surface area contributed by atoms with Gasteiger partial charge >= 0.3 is 0 Å². The fraction of sp³-hybridized carbons (Fsp3) is 0. The van der Waals surface area contributed by atoms with Gasteiger partial charge in [-0.1, -0.05) is 72.8 Å². The summed E-state index contributed by atoms with van der Waals surface area (Å²) in [6, 6.07) is 43.7. The van der Waals surface area contributed by atoms with E-state index >= 15 is 0 Å². The second kappa shape index (κ2) is 8.21. The van der Waals surface area contributed by atoms with Crippen molar-refractivity contribution in [3.63, 3.8) is 0 Å². The summed E-state index contributed by atoms with van der Waals surface area (Å²) in [5, 5.41) is 3.51. The van der Waals surface area contributed by atoms with Gasteiger partial charge in [-0.3, -0.25) is 0 Å². The Kier molecular flexibility index (Phi) is 4.78. The van der Waals surface area contributed by atoms with Crippen LogP contribution in [0.25, 0.3) is 11.1 Å². The average molecular weight is 427 g/mol. The lowest BCUT2D eigenvalue weighted by atomic mass is 10.1. The zero-order valence-corrected chi connectivity index (χ0v) is 18.0. The molecule has 0 fully saturated rings. The lowest BCUT2D eigenvalue weighted by molar-refractivity contribution is 0.477. The minimum Gasteiger partial charge on any atom is -0.453 e. The molecule has 1 heterocycles. The maximum atomic E-state index is 6.30. The van der Waals surface area contributed by atoms with Gasteiger partial charge in [-0.25, -0.2) is 0 Å². The summed E-state index contributed by atoms with van der Waals surface area (Å²) >= 11 is 0. The second-order valence-electron chi connectivity index (χ2n) is 7.99. The van der Waals surface area contributed by atoms with Crippen molar-refractivity contribution in [2.24, 2.45) is 0 Å². The molecular formula is C30H22N2O. The zero-order valence-electron chi connectivity index (χ0n) is 18.0. The van der Waals surface area contributed by atoms with E-state index in [1.54, 1.807) is 0 Å². The van der Waals surface area contributed by atoms with Gasteiger partial charge in [-0.2, -0.15) is 0 Å². The fourth-order valence-electron chi connectivity index (χ4n) is 4.23. The van der Waals surface area contributed by atoms with Crippen LogP contribution in [0.15, 0.2) is 127 Å². The monoisotopic (exact) mass is 426 g/mol. The molecule has 0 atom stereocenters. The minimum atomic E-state index is 0.823. The van der Waals surface area contributed by atoms with E-state index in [2.05, 4.69) is 107 Å². The van der Waals surface area contributed by atoms with Crippen LogP contribution in [0.3, 0.4) is 0 Å². The number of hydrogen-bond donors (Lipinski definition) is 1. The van der Waals surface area contributed by atoms with Gasteiger partial charge in [-0.05, 0) is 59.7 Å². The molecule has 0 saturated heterocycles. The molecule has 0 spiro atoms. The van der Waals surface area contributed by atoms with Crippen molar-refractivity contribution < 1.29 is 4.74 Å². The number of hydrogen-bond acceptors (Lipinski definition) is 3. The van der Waals surface area contributed by atoms with Crippen molar-refractivity contribution >= 4 is 28.4 Å². The largest absolute Gasteiger partial charge is 0.453 e. The SMILES string of the molecule is c1ccc(-c2ccc(Nc3ccc4c(c3)Oc3ccccc3N4c3ccccc3)cc2)cc1. The summed E-state index contributed by atoms with van der Waals surface area (Å²) in [7, 11) is 0. The first-order valence-electron chi connectivity index (χ1n) is 11.0. The van der Waals surface area contributed by atoms with Gasteiger partial charge in [0.25, 0.3) is 0 Å². The Morgan fingerprint density at radius 2 is 1.09 bits per heavy atom. The topological polar surface area (TPSA) is 24.5 Å². The molecule has 158 valence electrons. The van der Waals surface area contributed by atoms with Crippen molar-refractivity contribution in [3.05, 3.63) is 127 Å². The molecule has 6 rings (SSSR count). The van der Waals surface area contributed by atoms with E-state index in [9.17, 15) is 0 Å². The molecule has 0 aromatic heterocycles. The van der Waals surface area contributed by atoms with Crippen LogP contribution in [0.2, 0.25) is 0 Å². The quantitative estimate of drug-likeness (QED) is 0.305. The van der Waals surface area contributed by atoms with Gasteiger partial charge in [0.05, 0.1) is 11.4 Å². The predicted octanol–water partition coefficient (Wildman–Crippen LogP) is 8.67. The Hall–Kier alpha value is -4.50. The van der Waals surface area contributed by atoms with Crippen molar-refractivity contribution in [2.75, 3.05) is 10.2 Å². The van der Waals surface area contributed by atoms with E-state index in [1.807, 2.05) is 30.3 Å². The van der Waals surface area contributed by atoms with Crippen LogP contribution in [0.5, 0.6) is 11.5 Å². The summed E-state index contributed by atoms with van der Waals surface area (Å²) in [5.41, 5.74) is 7.58. The molecule has 5 aromatic carbocycles. The van der Waals surface area contributed by atoms with Crippen molar-refractivity contribution in [1.29, 1.82) is 0 Å². The average Bonchev–Trinajstić information content (AvgIpc) is 2.89. The maximum Gasteiger partial charge on any atom is 0.153 e. The van der Waals surface area contributed by atoms with Gasteiger partial charge < -0.3 is 15.0 Å². The van der Waals surface area contributed by atoms with Crippen molar-refractivity contribution in [1.82, 2.24) is 0 Å². The Labute approximate surface area is 193 Å². The minimum absolute atomic E-state index is 0.823. The maximum absolute atomic E-state index is 6.30. The highest BCUT2D eigenvalue weighted by molar-refractivity contribution is 5.87. The Morgan fingerprint density at radius 1 is 0.485 bits per heavy atom. The van der Waals surface area contributed by atoms with Crippen LogP contribution in [-0.2, 0) is 0 Å². The molecule has 0 aliphatic carbocycles. The first-order valence-corrected chi connectivity index (χ1v) is 11.0. The van der Waals surface area contributed by atoms with Crippen LogP contribution < -0.4 is 15.0 Å². The number of nitrogens with zero attached hydrogens (tertiary/aromatic N) is 1. The molecule has 3 nitrogen and oxygen atoms in total. The van der Waals surface area contributed by atoms with E-state index in [-0.39, 0.29) is 0 Å². The molecule has 0 unspecified atom stereocenters. The molecular weight excluding hydrogens is 404 g/mol. The smallest absolute Gasteiger partial charge is 0.153 e. The summed E-state index contributed by atoms with van der Waals surface area (Å²) in [6.07, 6.45) is 0. The third-order valence-electron chi connectivity index (χ3n) is 5.82. The van der Waals surface area contributed by atoms with Crippen LogP contribution in [0, 0.1) is 0 Å². The number of fused-ring (bicyclic) bond motifs is 2. The molecule has 0 radical (unpaired) electrons. The normalized spacial score (nSPS) is 11.8. The molecule has 1 aliphatic heterocycles. The van der Waals surface area contributed by atoms with E-state index < -0.39 is 0 Å². The van der Waals surface area contributed by atoms with Crippen LogP contribution in [0.1, 0.15) is 0 Å². The third kappa shape index (κ3) is 3.70. The lowest BCUT2D eigenvalue weighted by Crippen LogP contribution is -2.15. The predicted molar refractivity (Wildman–Crippen MR) is 136 cm³/mol. The van der Waals surface area contributed by atoms with Crippen molar-refractivity contribution in [2.45, 2.75) is 0 Å². The first-order chi connectivity index (χ1) is 16.3. The van der Waals surface area contributed by atoms with Gasteiger partial charge in [0.2, 0.25) is 0 Å². The Morgan fingerprint density at radius 3 is 1.88 bits per heavy atom. The molecule has 0 amide bonds. The molecule has 0 saturated carbocycles. The van der Waals surface area contributed by atoms with Crippen LogP contribution in [0.4, 0.5) is 28.4 Å². The number of rotatable bonds is 4. The third-order valence-corrected chi connectivity index (χ3v) is 5.82. The molecule has 1 N–H and O–H groups in total. The van der Waals surface area contributed by atoms with Gasteiger partial charge in [0.1, 0.15) is 0 Å². The highest BCUT2D eigenvalue weighted by Gasteiger charge is 2.25. The Bertz CT molecular complexity index is 1400. The molecule has 1 aliphatic rings. The molecule has 3 heteroatoms. The summed E-state index contributed by atoms with van der Waals surface area (Å²) < 4.78 is 6.30. The zero-order chi connectivity index (χ0) is 22.0. The van der Waals surface area contributed by atoms with E-state index in [1.165, 1.54) is 11.1 Å². The molecule has 0 bridgehead atoms. The number of nitrogens with one attached hydrogen (secondary N) is 1. The van der Waals surface area contributed by atoms with E-state index in [0.717, 1.165) is 39.9 Å². The summed E-state index contributed by atoms with van der Waals surface area (Å²) in [6.45, 7) is 0. The van der Waals surface area contributed by atoms with E-state index in [4.69, 9.17) is 4.74 Å². The number of benzene rings is 5. The van der Waals surface area contributed by atoms with E-state index in [0.29, 0.717) is 0 Å².